The SMILES string of the molecule is O=C(O)c1cccc(CN2CCCO[C@H](CN3CCOCC3)C2)c1. The Labute approximate surface area is 143 Å². The maximum atomic E-state index is 11.1. The highest BCUT2D eigenvalue weighted by molar-refractivity contribution is 5.87. The number of carboxylic acid groups (broad SMARTS) is 1. The van der Waals surface area contributed by atoms with Crippen molar-refractivity contribution in [3.05, 3.63) is 35.4 Å². The summed E-state index contributed by atoms with van der Waals surface area (Å²) in [4.78, 5) is 15.9. The molecule has 2 aliphatic heterocycles. The highest BCUT2D eigenvalue weighted by Gasteiger charge is 2.22. The predicted octanol–water partition coefficient (Wildman–Crippen LogP) is 1.31. The molecule has 0 aliphatic carbocycles. The van der Waals surface area contributed by atoms with E-state index in [4.69, 9.17) is 14.6 Å². The molecular weight excluding hydrogens is 308 g/mol. The van der Waals surface area contributed by atoms with E-state index >= 15 is 0 Å². The van der Waals surface area contributed by atoms with Gasteiger partial charge in [0.15, 0.2) is 0 Å². The molecule has 24 heavy (non-hydrogen) atoms. The molecule has 0 bridgehead atoms. The molecule has 0 aromatic heterocycles. The van der Waals surface area contributed by atoms with E-state index in [1.165, 1.54) is 0 Å². The largest absolute Gasteiger partial charge is 0.478 e. The van der Waals surface area contributed by atoms with Crippen LogP contribution in [0.3, 0.4) is 0 Å². The number of rotatable bonds is 5. The van der Waals surface area contributed by atoms with Crippen molar-refractivity contribution in [2.45, 2.75) is 19.1 Å². The van der Waals surface area contributed by atoms with Crippen molar-refractivity contribution in [3.8, 4) is 0 Å². The third-order valence-corrected chi connectivity index (χ3v) is 4.58. The average molecular weight is 334 g/mol. The van der Waals surface area contributed by atoms with Crippen molar-refractivity contribution in [2.75, 3.05) is 52.5 Å². The molecule has 0 saturated carbocycles. The quantitative estimate of drug-likeness (QED) is 0.876. The summed E-state index contributed by atoms with van der Waals surface area (Å²) in [5.74, 6) is -0.874. The summed E-state index contributed by atoms with van der Waals surface area (Å²) in [7, 11) is 0. The first-order chi connectivity index (χ1) is 11.7. The predicted molar refractivity (Wildman–Crippen MR) is 90.3 cm³/mol. The first kappa shape index (κ1) is 17.4. The van der Waals surface area contributed by atoms with Crippen LogP contribution in [0.5, 0.6) is 0 Å². The summed E-state index contributed by atoms with van der Waals surface area (Å²) in [5.41, 5.74) is 1.39. The fraction of sp³-hybridized carbons (Fsp3) is 0.611. The Balaban J connectivity index is 1.58. The van der Waals surface area contributed by atoms with Crippen LogP contribution in [0.15, 0.2) is 24.3 Å². The highest BCUT2D eigenvalue weighted by Crippen LogP contribution is 2.14. The fourth-order valence-electron chi connectivity index (χ4n) is 3.36. The Morgan fingerprint density at radius 3 is 2.79 bits per heavy atom. The van der Waals surface area contributed by atoms with Crippen LogP contribution in [0.4, 0.5) is 0 Å². The van der Waals surface area contributed by atoms with Crippen molar-refractivity contribution in [3.63, 3.8) is 0 Å². The maximum Gasteiger partial charge on any atom is 0.335 e. The van der Waals surface area contributed by atoms with Crippen molar-refractivity contribution in [1.29, 1.82) is 0 Å². The van der Waals surface area contributed by atoms with Gasteiger partial charge in [0.2, 0.25) is 0 Å². The lowest BCUT2D eigenvalue weighted by atomic mass is 10.1. The molecule has 1 aromatic carbocycles. The third-order valence-electron chi connectivity index (χ3n) is 4.58. The number of aromatic carboxylic acids is 1. The Kier molecular flexibility index (Phi) is 6.20. The number of hydrogen-bond acceptors (Lipinski definition) is 5. The molecule has 1 aromatic rings. The van der Waals surface area contributed by atoms with E-state index in [0.29, 0.717) is 5.56 Å². The molecule has 6 heteroatoms. The molecule has 2 heterocycles. The first-order valence-electron chi connectivity index (χ1n) is 8.67. The molecule has 2 saturated heterocycles. The van der Waals surface area contributed by atoms with Crippen molar-refractivity contribution in [2.24, 2.45) is 0 Å². The molecule has 3 rings (SSSR count). The molecule has 0 radical (unpaired) electrons. The summed E-state index contributed by atoms with van der Waals surface area (Å²) in [6.07, 6.45) is 1.21. The van der Waals surface area contributed by atoms with Gasteiger partial charge in [0.1, 0.15) is 0 Å². The number of ether oxygens (including phenoxy) is 2. The van der Waals surface area contributed by atoms with Gasteiger partial charge in [-0.15, -0.1) is 0 Å². The second kappa shape index (κ2) is 8.58. The highest BCUT2D eigenvalue weighted by atomic mass is 16.5. The Morgan fingerprint density at radius 1 is 1.17 bits per heavy atom. The number of benzene rings is 1. The van der Waals surface area contributed by atoms with Crippen LogP contribution >= 0.6 is 0 Å². The zero-order chi connectivity index (χ0) is 16.8. The molecule has 2 aliphatic rings. The average Bonchev–Trinajstić information content (AvgIpc) is 2.81. The number of hydrogen-bond donors (Lipinski definition) is 1. The number of morpholine rings is 1. The van der Waals surface area contributed by atoms with E-state index in [1.807, 2.05) is 12.1 Å². The monoisotopic (exact) mass is 334 g/mol. The van der Waals surface area contributed by atoms with Gasteiger partial charge < -0.3 is 14.6 Å². The van der Waals surface area contributed by atoms with E-state index < -0.39 is 5.97 Å². The summed E-state index contributed by atoms with van der Waals surface area (Å²) >= 11 is 0. The molecule has 0 amide bonds. The summed E-state index contributed by atoms with van der Waals surface area (Å²) in [6, 6.07) is 7.22. The zero-order valence-electron chi connectivity index (χ0n) is 14.0. The van der Waals surface area contributed by atoms with Gasteiger partial charge >= 0.3 is 5.97 Å². The van der Waals surface area contributed by atoms with Crippen molar-refractivity contribution >= 4 is 5.97 Å². The topological polar surface area (TPSA) is 62.2 Å². The maximum absolute atomic E-state index is 11.1. The summed E-state index contributed by atoms with van der Waals surface area (Å²) < 4.78 is 11.4. The van der Waals surface area contributed by atoms with E-state index in [0.717, 1.165) is 71.1 Å². The van der Waals surface area contributed by atoms with Crippen molar-refractivity contribution in [1.82, 2.24) is 9.80 Å². The summed E-state index contributed by atoms with van der Waals surface area (Å²) in [5, 5.41) is 9.14. The zero-order valence-corrected chi connectivity index (χ0v) is 14.0. The number of carboxylic acids is 1. The smallest absolute Gasteiger partial charge is 0.335 e. The Morgan fingerprint density at radius 2 is 2.00 bits per heavy atom. The van der Waals surface area contributed by atoms with E-state index in [-0.39, 0.29) is 6.10 Å². The number of carbonyl (C=O) groups is 1. The fourth-order valence-corrected chi connectivity index (χ4v) is 3.36. The lowest BCUT2D eigenvalue weighted by Gasteiger charge is -2.31. The van der Waals surface area contributed by atoms with Crippen molar-refractivity contribution < 1.29 is 19.4 Å². The minimum absolute atomic E-state index is 0.202. The van der Waals surface area contributed by atoms with Gasteiger partial charge in [0.05, 0.1) is 24.9 Å². The second-order valence-electron chi connectivity index (χ2n) is 6.50. The lowest BCUT2D eigenvalue weighted by molar-refractivity contribution is -0.0123. The van der Waals surface area contributed by atoms with Crippen LogP contribution < -0.4 is 0 Å². The molecule has 6 nitrogen and oxygen atoms in total. The Hall–Kier alpha value is -1.47. The van der Waals surface area contributed by atoms with Gasteiger partial charge in [0.25, 0.3) is 0 Å². The first-order valence-corrected chi connectivity index (χ1v) is 8.67. The molecular formula is C18H26N2O4. The normalized spacial score (nSPS) is 23.8. The van der Waals surface area contributed by atoms with Crippen LogP contribution in [0.2, 0.25) is 0 Å². The molecule has 1 atom stereocenters. The molecule has 0 spiro atoms. The van der Waals surface area contributed by atoms with E-state index in [2.05, 4.69) is 9.80 Å². The van der Waals surface area contributed by atoms with Crippen LogP contribution in [0.25, 0.3) is 0 Å². The van der Waals surface area contributed by atoms with Gasteiger partial charge in [-0.1, -0.05) is 12.1 Å². The van der Waals surface area contributed by atoms with Crippen LogP contribution in [0, 0.1) is 0 Å². The lowest BCUT2D eigenvalue weighted by Crippen LogP contribution is -2.44. The minimum atomic E-state index is -0.874. The van der Waals surface area contributed by atoms with Gasteiger partial charge in [0, 0.05) is 45.9 Å². The van der Waals surface area contributed by atoms with E-state index in [1.54, 1.807) is 12.1 Å². The Bertz CT molecular complexity index is 546. The van der Waals surface area contributed by atoms with Crippen LogP contribution in [0.1, 0.15) is 22.3 Å². The second-order valence-corrected chi connectivity index (χ2v) is 6.50. The third kappa shape index (κ3) is 5.01. The standard InChI is InChI=1S/C18H26N2O4/c21-18(22)16-4-1-3-15(11-16)12-20-5-2-8-24-17(14-20)13-19-6-9-23-10-7-19/h1,3-4,11,17H,2,5-10,12-14H2,(H,21,22)/t17-/m1/s1. The van der Waals surface area contributed by atoms with Gasteiger partial charge in [-0.25, -0.2) is 4.79 Å². The van der Waals surface area contributed by atoms with Crippen LogP contribution in [-0.2, 0) is 16.0 Å². The van der Waals surface area contributed by atoms with Crippen LogP contribution in [-0.4, -0.2) is 79.5 Å². The summed E-state index contributed by atoms with van der Waals surface area (Å²) in [6.45, 7) is 7.92. The van der Waals surface area contributed by atoms with Gasteiger partial charge in [-0.05, 0) is 24.1 Å². The van der Waals surface area contributed by atoms with E-state index in [9.17, 15) is 4.79 Å². The molecule has 132 valence electrons. The molecule has 1 N–H and O–H groups in total. The molecule has 0 unspecified atom stereocenters. The molecule has 2 fully saturated rings. The van der Waals surface area contributed by atoms with Gasteiger partial charge in [-0.2, -0.15) is 0 Å². The van der Waals surface area contributed by atoms with Gasteiger partial charge in [-0.3, -0.25) is 9.80 Å². The number of nitrogens with zero attached hydrogens (tertiary/aromatic N) is 2. The minimum Gasteiger partial charge on any atom is -0.478 e.